The molecule has 0 saturated carbocycles. The van der Waals surface area contributed by atoms with Gasteiger partial charge in [-0.1, -0.05) is 18.3 Å². The van der Waals surface area contributed by atoms with E-state index in [1.807, 2.05) is 11.9 Å². The Bertz CT molecular complexity index is 467. The largest absolute Gasteiger partial charge is 0.382 e. The highest BCUT2D eigenvalue weighted by atomic mass is 32.1. The van der Waals surface area contributed by atoms with Gasteiger partial charge in [-0.3, -0.25) is 4.79 Å². The van der Waals surface area contributed by atoms with E-state index in [4.69, 9.17) is 5.73 Å². The van der Waals surface area contributed by atoms with Crippen LogP contribution < -0.4 is 11.1 Å². The van der Waals surface area contributed by atoms with Gasteiger partial charge < -0.3 is 20.9 Å². The van der Waals surface area contributed by atoms with Gasteiger partial charge in [0, 0.05) is 33.2 Å². The van der Waals surface area contributed by atoms with Gasteiger partial charge in [-0.2, -0.15) is 0 Å². The Labute approximate surface area is 124 Å². The topological polar surface area (TPSA) is 74.5 Å². The molecule has 0 spiro atoms. The number of thiazole rings is 1. The number of hydrogen-bond donors (Lipinski definition) is 2. The molecule has 1 aromatic heterocycles. The summed E-state index contributed by atoms with van der Waals surface area (Å²) >= 11 is 1.32. The zero-order valence-corrected chi connectivity index (χ0v) is 13.2. The minimum absolute atomic E-state index is 0.0172. The maximum Gasteiger partial charge on any atom is 0.267 e. The Balaban J connectivity index is 2.03. The van der Waals surface area contributed by atoms with E-state index in [2.05, 4.69) is 22.1 Å². The van der Waals surface area contributed by atoms with Crippen molar-refractivity contribution in [1.29, 1.82) is 0 Å². The number of amides is 1. The molecule has 1 fully saturated rings. The number of rotatable bonds is 4. The molecule has 1 aliphatic heterocycles. The lowest BCUT2D eigenvalue weighted by atomic mass is 10.0. The second kappa shape index (κ2) is 6.41. The maximum atomic E-state index is 12.5. The van der Waals surface area contributed by atoms with Crippen molar-refractivity contribution in [3.63, 3.8) is 0 Å². The lowest BCUT2D eigenvalue weighted by Crippen LogP contribution is -2.45. The van der Waals surface area contributed by atoms with E-state index in [9.17, 15) is 4.79 Å². The van der Waals surface area contributed by atoms with Crippen LogP contribution in [0.5, 0.6) is 0 Å². The van der Waals surface area contributed by atoms with Crippen molar-refractivity contribution in [3.05, 3.63) is 4.88 Å². The fraction of sp³-hybridized carbons (Fsp3) is 0.692. The van der Waals surface area contributed by atoms with Gasteiger partial charge in [0.05, 0.1) is 0 Å². The van der Waals surface area contributed by atoms with Crippen LogP contribution >= 0.6 is 11.3 Å². The third-order valence-corrected chi connectivity index (χ3v) is 5.01. The molecule has 3 N–H and O–H groups in total. The number of hydrogen-bond acceptors (Lipinski definition) is 6. The molecule has 1 aromatic rings. The first-order valence-corrected chi connectivity index (χ1v) is 7.82. The second-order valence-corrected chi connectivity index (χ2v) is 6.06. The van der Waals surface area contributed by atoms with Crippen molar-refractivity contribution in [2.75, 3.05) is 44.8 Å². The Morgan fingerprint density at radius 1 is 1.55 bits per heavy atom. The standard InChI is InChI=1S/C13H23N5OS/c1-4-18-7-5-9(6-8-18)17(3)12(19)10-11(14)16-13(15-2)20-10/h9H,4-8,14H2,1-3H3,(H,15,16). The highest BCUT2D eigenvalue weighted by molar-refractivity contribution is 7.18. The van der Waals surface area contributed by atoms with Crippen LogP contribution in [0.25, 0.3) is 0 Å². The highest BCUT2D eigenvalue weighted by Crippen LogP contribution is 2.27. The monoisotopic (exact) mass is 297 g/mol. The van der Waals surface area contributed by atoms with Gasteiger partial charge in [0.15, 0.2) is 5.13 Å². The fourth-order valence-electron chi connectivity index (χ4n) is 2.54. The van der Waals surface area contributed by atoms with Gasteiger partial charge in [0.25, 0.3) is 5.91 Å². The SMILES string of the molecule is CCN1CCC(N(C)C(=O)c2sc(NC)nc2N)CC1. The summed E-state index contributed by atoms with van der Waals surface area (Å²) in [6.45, 7) is 5.36. The van der Waals surface area contributed by atoms with Gasteiger partial charge in [-0.25, -0.2) is 4.98 Å². The second-order valence-electron chi connectivity index (χ2n) is 5.06. The fourth-order valence-corrected chi connectivity index (χ4v) is 3.36. The quantitative estimate of drug-likeness (QED) is 0.877. The minimum Gasteiger partial charge on any atom is -0.382 e. The molecule has 0 aliphatic carbocycles. The summed E-state index contributed by atoms with van der Waals surface area (Å²) in [5.41, 5.74) is 5.83. The molecule has 0 bridgehead atoms. The summed E-state index contributed by atoms with van der Waals surface area (Å²) in [5, 5.41) is 3.61. The number of nitrogens with one attached hydrogen (secondary N) is 1. The number of likely N-dealkylation sites (tertiary alicyclic amines) is 1. The molecular weight excluding hydrogens is 274 g/mol. The smallest absolute Gasteiger partial charge is 0.267 e. The van der Waals surface area contributed by atoms with E-state index >= 15 is 0 Å². The Morgan fingerprint density at radius 3 is 2.70 bits per heavy atom. The number of anilines is 2. The van der Waals surface area contributed by atoms with Gasteiger partial charge >= 0.3 is 0 Å². The highest BCUT2D eigenvalue weighted by Gasteiger charge is 2.27. The first-order chi connectivity index (χ1) is 9.56. The first kappa shape index (κ1) is 15.1. The van der Waals surface area contributed by atoms with Gasteiger partial charge in [-0.15, -0.1) is 0 Å². The number of carbonyl (C=O) groups excluding carboxylic acids is 1. The van der Waals surface area contributed by atoms with E-state index in [-0.39, 0.29) is 5.91 Å². The summed E-state index contributed by atoms with van der Waals surface area (Å²) in [5.74, 6) is 0.304. The van der Waals surface area contributed by atoms with Crippen LogP contribution in [0.15, 0.2) is 0 Å². The molecule has 0 atom stereocenters. The Hall–Kier alpha value is -1.34. The van der Waals surface area contributed by atoms with E-state index in [1.165, 1.54) is 11.3 Å². The van der Waals surface area contributed by atoms with Crippen LogP contribution in [0.4, 0.5) is 10.9 Å². The van der Waals surface area contributed by atoms with Crippen LogP contribution in [0.2, 0.25) is 0 Å². The maximum absolute atomic E-state index is 12.5. The Kier molecular flexibility index (Phi) is 4.82. The molecule has 6 nitrogen and oxygen atoms in total. The van der Waals surface area contributed by atoms with Crippen LogP contribution in [0.1, 0.15) is 29.4 Å². The van der Waals surface area contributed by atoms with Crippen LogP contribution in [-0.4, -0.2) is 60.5 Å². The van der Waals surface area contributed by atoms with E-state index < -0.39 is 0 Å². The average Bonchev–Trinajstić information content (AvgIpc) is 2.87. The average molecular weight is 297 g/mol. The molecule has 2 heterocycles. The van der Waals surface area contributed by atoms with Gasteiger partial charge in [0.2, 0.25) is 0 Å². The molecule has 112 valence electrons. The minimum atomic E-state index is -0.0172. The van der Waals surface area contributed by atoms with Crippen molar-refractivity contribution in [2.45, 2.75) is 25.8 Å². The van der Waals surface area contributed by atoms with E-state index in [0.717, 1.165) is 32.5 Å². The predicted octanol–water partition coefficient (Wildman–Crippen LogP) is 1.32. The summed E-state index contributed by atoms with van der Waals surface area (Å²) < 4.78 is 0. The summed E-state index contributed by atoms with van der Waals surface area (Å²) in [7, 11) is 3.64. The molecule has 0 aromatic carbocycles. The number of nitrogen functional groups attached to an aromatic ring is 1. The molecule has 1 amide bonds. The number of nitrogens with two attached hydrogens (primary N) is 1. The van der Waals surface area contributed by atoms with E-state index in [1.54, 1.807) is 7.05 Å². The third-order valence-electron chi connectivity index (χ3n) is 3.93. The first-order valence-electron chi connectivity index (χ1n) is 7.00. The summed E-state index contributed by atoms with van der Waals surface area (Å²) in [4.78, 5) is 21.4. The van der Waals surface area contributed by atoms with Crippen molar-refractivity contribution in [3.8, 4) is 0 Å². The lowest BCUT2D eigenvalue weighted by Gasteiger charge is -2.36. The summed E-state index contributed by atoms with van der Waals surface area (Å²) in [6, 6.07) is 0.296. The van der Waals surface area contributed by atoms with Crippen molar-refractivity contribution >= 4 is 28.2 Å². The zero-order chi connectivity index (χ0) is 14.7. The molecule has 0 unspecified atom stereocenters. The molecule has 20 heavy (non-hydrogen) atoms. The van der Waals surface area contributed by atoms with Crippen molar-refractivity contribution in [2.24, 2.45) is 0 Å². The lowest BCUT2D eigenvalue weighted by molar-refractivity contribution is 0.0652. The van der Waals surface area contributed by atoms with Crippen LogP contribution in [0.3, 0.4) is 0 Å². The molecule has 1 aliphatic rings. The van der Waals surface area contributed by atoms with Crippen LogP contribution in [0, 0.1) is 0 Å². The number of carbonyl (C=O) groups is 1. The molecule has 7 heteroatoms. The summed E-state index contributed by atoms with van der Waals surface area (Å²) in [6.07, 6.45) is 2.04. The van der Waals surface area contributed by atoms with E-state index in [0.29, 0.717) is 21.9 Å². The van der Waals surface area contributed by atoms with Crippen molar-refractivity contribution in [1.82, 2.24) is 14.8 Å². The van der Waals surface area contributed by atoms with Crippen molar-refractivity contribution < 1.29 is 4.79 Å². The van der Waals surface area contributed by atoms with Gasteiger partial charge in [-0.05, 0) is 19.4 Å². The molecule has 2 rings (SSSR count). The number of aromatic nitrogens is 1. The number of nitrogens with zero attached hydrogens (tertiary/aromatic N) is 3. The van der Waals surface area contributed by atoms with Gasteiger partial charge in [0.1, 0.15) is 10.7 Å². The predicted molar refractivity (Wildman–Crippen MR) is 83.3 cm³/mol. The Morgan fingerprint density at radius 2 is 2.20 bits per heavy atom. The van der Waals surface area contributed by atoms with Crippen LogP contribution in [-0.2, 0) is 0 Å². The molecule has 0 radical (unpaired) electrons. The number of piperidine rings is 1. The third kappa shape index (κ3) is 3.04. The normalized spacial score (nSPS) is 17.1. The molecular formula is C13H23N5OS. The zero-order valence-electron chi connectivity index (χ0n) is 12.3. The molecule has 1 saturated heterocycles.